The topological polar surface area (TPSA) is 86.8 Å². The molecule has 7 nitrogen and oxygen atoms in total. The average Bonchev–Trinajstić information content (AvgIpc) is 3.14. The number of nitrogens with one attached hydrogen (secondary N) is 1. The molecular formula is C21H24FN3O4S. The summed E-state index contributed by atoms with van der Waals surface area (Å²) < 4.78 is 39.2. The Bertz CT molecular complexity index is 1020. The molecule has 0 unspecified atom stereocenters. The fourth-order valence-electron chi connectivity index (χ4n) is 3.30. The molecule has 1 heterocycles. The molecule has 0 atom stereocenters. The Morgan fingerprint density at radius 2 is 1.87 bits per heavy atom. The Morgan fingerprint density at radius 3 is 2.53 bits per heavy atom. The smallest absolute Gasteiger partial charge is 0.242 e. The normalized spacial score (nSPS) is 14.4. The molecule has 160 valence electrons. The van der Waals surface area contributed by atoms with Gasteiger partial charge in [0.2, 0.25) is 21.8 Å². The van der Waals surface area contributed by atoms with Gasteiger partial charge in [-0.3, -0.25) is 9.59 Å². The molecule has 0 spiro atoms. The van der Waals surface area contributed by atoms with E-state index in [1.54, 1.807) is 23.1 Å². The molecule has 2 aromatic rings. The zero-order chi connectivity index (χ0) is 21.7. The van der Waals surface area contributed by atoms with Crippen molar-refractivity contribution in [1.29, 1.82) is 0 Å². The predicted molar refractivity (Wildman–Crippen MR) is 112 cm³/mol. The van der Waals surface area contributed by atoms with Crippen LogP contribution in [-0.2, 0) is 19.6 Å². The maximum Gasteiger partial charge on any atom is 0.242 e. The Kier molecular flexibility index (Phi) is 6.84. The van der Waals surface area contributed by atoms with Gasteiger partial charge in [0.15, 0.2) is 0 Å². The summed E-state index contributed by atoms with van der Waals surface area (Å²) in [5.41, 5.74) is 1.23. The van der Waals surface area contributed by atoms with Crippen LogP contribution in [0, 0.1) is 5.82 Å². The SMILES string of the molecule is CN(CCCC(=O)Nc1ccccc1N1CCCC1=O)S(=O)(=O)c1ccc(F)cc1. The number of sulfonamides is 1. The molecule has 9 heteroatoms. The van der Waals surface area contributed by atoms with E-state index >= 15 is 0 Å². The number of para-hydroxylation sites is 2. The number of anilines is 2. The van der Waals surface area contributed by atoms with E-state index in [1.165, 1.54) is 19.2 Å². The lowest BCUT2D eigenvalue weighted by Gasteiger charge is -2.20. The second kappa shape index (κ2) is 9.36. The fraction of sp³-hybridized carbons (Fsp3) is 0.333. The van der Waals surface area contributed by atoms with Crippen molar-refractivity contribution in [2.24, 2.45) is 0 Å². The molecule has 0 radical (unpaired) electrons. The number of halogens is 1. The molecule has 1 aliphatic rings. The minimum Gasteiger partial charge on any atom is -0.324 e. The van der Waals surface area contributed by atoms with E-state index in [2.05, 4.69) is 5.32 Å². The summed E-state index contributed by atoms with van der Waals surface area (Å²) in [5.74, 6) is -0.741. The van der Waals surface area contributed by atoms with Crippen LogP contribution < -0.4 is 10.2 Å². The lowest BCUT2D eigenvalue weighted by atomic mass is 10.2. The summed E-state index contributed by atoms with van der Waals surface area (Å²) in [6.07, 6.45) is 1.71. The van der Waals surface area contributed by atoms with Gasteiger partial charge < -0.3 is 10.2 Å². The summed E-state index contributed by atoms with van der Waals surface area (Å²) in [5, 5.41) is 2.82. The van der Waals surface area contributed by atoms with Gasteiger partial charge in [-0.1, -0.05) is 12.1 Å². The highest BCUT2D eigenvalue weighted by Gasteiger charge is 2.24. The van der Waals surface area contributed by atoms with Gasteiger partial charge in [-0.05, 0) is 49.2 Å². The number of hydrogen-bond acceptors (Lipinski definition) is 4. The Morgan fingerprint density at radius 1 is 1.17 bits per heavy atom. The van der Waals surface area contributed by atoms with Gasteiger partial charge in [0.05, 0.1) is 16.3 Å². The zero-order valence-electron chi connectivity index (χ0n) is 16.7. The van der Waals surface area contributed by atoms with Gasteiger partial charge in [0.1, 0.15) is 5.82 Å². The maximum absolute atomic E-state index is 13.0. The van der Waals surface area contributed by atoms with Crippen LogP contribution in [0.3, 0.4) is 0 Å². The van der Waals surface area contributed by atoms with Gasteiger partial charge in [-0.2, -0.15) is 0 Å². The second-order valence-corrected chi connectivity index (χ2v) is 9.14. The molecule has 0 aromatic heterocycles. The summed E-state index contributed by atoms with van der Waals surface area (Å²) in [7, 11) is -2.32. The maximum atomic E-state index is 13.0. The van der Waals surface area contributed by atoms with Gasteiger partial charge >= 0.3 is 0 Å². The zero-order valence-corrected chi connectivity index (χ0v) is 17.5. The highest BCUT2D eigenvalue weighted by Crippen LogP contribution is 2.29. The minimum absolute atomic E-state index is 0.0000548. The third-order valence-corrected chi connectivity index (χ3v) is 6.81. The van der Waals surface area contributed by atoms with E-state index in [-0.39, 0.29) is 29.7 Å². The number of benzene rings is 2. The van der Waals surface area contributed by atoms with Gasteiger partial charge in [-0.15, -0.1) is 0 Å². The molecule has 30 heavy (non-hydrogen) atoms. The van der Waals surface area contributed by atoms with Crippen LogP contribution in [0.5, 0.6) is 0 Å². The first kappa shape index (κ1) is 21.9. The van der Waals surface area contributed by atoms with Gasteiger partial charge in [0, 0.05) is 33.0 Å². The van der Waals surface area contributed by atoms with Gasteiger partial charge in [0.25, 0.3) is 0 Å². The van der Waals surface area contributed by atoms with E-state index < -0.39 is 15.8 Å². The predicted octanol–water partition coefficient (Wildman–Crippen LogP) is 2.99. The van der Waals surface area contributed by atoms with Crippen LogP contribution in [0.15, 0.2) is 53.4 Å². The minimum atomic E-state index is -3.75. The monoisotopic (exact) mass is 433 g/mol. The van der Waals surface area contributed by atoms with E-state index in [0.29, 0.717) is 30.8 Å². The number of nitrogens with zero attached hydrogens (tertiary/aromatic N) is 2. The van der Waals surface area contributed by atoms with E-state index in [9.17, 15) is 22.4 Å². The van der Waals surface area contributed by atoms with Crippen LogP contribution in [-0.4, -0.2) is 44.7 Å². The molecule has 0 saturated carbocycles. The van der Waals surface area contributed by atoms with Crippen molar-refractivity contribution in [2.45, 2.75) is 30.6 Å². The van der Waals surface area contributed by atoms with Crippen molar-refractivity contribution >= 4 is 33.2 Å². The first-order valence-electron chi connectivity index (χ1n) is 9.70. The third-order valence-electron chi connectivity index (χ3n) is 4.94. The molecular weight excluding hydrogens is 409 g/mol. The number of rotatable bonds is 8. The molecule has 1 saturated heterocycles. The highest BCUT2D eigenvalue weighted by atomic mass is 32.2. The van der Waals surface area contributed by atoms with Crippen LogP contribution in [0.1, 0.15) is 25.7 Å². The summed E-state index contributed by atoms with van der Waals surface area (Å²) in [6.45, 7) is 0.761. The number of carbonyl (C=O) groups is 2. The second-order valence-electron chi connectivity index (χ2n) is 7.10. The molecule has 1 N–H and O–H groups in total. The van der Waals surface area contributed by atoms with Gasteiger partial charge in [-0.25, -0.2) is 17.1 Å². The molecule has 0 bridgehead atoms. The molecule has 1 fully saturated rings. The largest absolute Gasteiger partial charge is 0.324 e. The van der Waals surface area contributed by atoms with Crippen LogP contribution in [0.2, 0.25) is 0 Å². The molecule has 3 rings (SSSR count). The third kappa shape index (κ3) is 5.03. The van der Waals surface area contributed by atoms with E-state index in [0.717, 1.165) is 22.9 Å². The first-order valence-corrected chi connectivity index (χ1v) is 11.1. The van der Waals surface area contributed by atoms with E-state index in [1.807, 2.05) is 6.07 Å². The molecule has 1 aliphatic heterocycles. The van der Waals surface area contributed by atoms with Crippen molar-refractivity contribution in [3.8, 4) is 0 Å². The average molecular weight is 434 g/mol. The molecule has 0 aliphatic carbocycles. The van der Waals surface area contributed by atoms with Crippen molar-refractivity contribution < 1.29 is 22.4 Å². The Labute approximate surface area is 175 Å². The molecule has 2 aromatic carbocycles. The first-order chi connectivity index (χ1) is 14.3. The Balaban J connectivity index is 1.55. The fourth-order valence-corrected chi connectivity index (χ4v) is 4.51. The number of hydrogen-bond donors (Lipinski definition) is 1. The van der Waals surface area contributed by atoms with Crippen molar-refractivity contribution in [1.82, 2.24) is 4.31 Å². The quantitative estimate of drug-likeness (QED) is 0.693. The highest BCUT2D eigenvalue weighted by molar-refractivity contribution is 7.89. The lowest BCUT2D eigenvalue weighted by molar-refractivity contribution is -0.117. The van der Waals surface area contributed by atoms with Crippen LogP contribution >= 0.6 is 0 Å². The van der Waals surface area contributed by atoms with Crippen LogP contribution in [0.4, 0.5) is 15.8 Å². The number of carbonyl (C=O) groups excluding carboxylic acids is 2. The number of amides is 2. The van der Waals surface area contributed by atoms with Crippen molar-refractivity contribution in [2.75, 3.05) is 30.4 Å². The van der Waals surface area contributed by atoms with E-state index in [4.69, 9.17) is 0 Å². The summed E-state index contributed by atoms with van der Waals surface area (Å²) in [4.78, 5) is 26.1. The molecule has 2 amide bonds. The lowest BCUT2D eigenvalue weighted by Crippen LogP contribution is -2.29. The summed E-state index contributed by atoms with van der Waals surface area (Å²) in [6, 6.07) is 11.7. The van der Waals surface area contributed by atoms with Crippen molar-refractivity contribution in [3.05, 3.63) is 54.3 Å². The van der Waals surface area contributed by atoms with Crippen LogP contribution in [0.25, 0.3) is 0 Å². The van der Waals surface area contributed by atoms with Crippen molar-refractivity contribution in [3.63, 3.8) is 0 Å². The Hall–Kier alpha value is -2.78. The standard InChI is InChI=1S/C21H24FN3O4S/c1-24(30(28,29)17-12-10-16(22)11-13-17)14-4-8-20(26)23-18-6-2-3-7-19(18)25-15-5-9-21(25)27/h2-3,6-7,10-13H,4-5,8-9,14-15H2,1H3,(H,23,26). The summed E-state index contributed by atoms with van der Waals surface area (Å²) >= 11 is 0.